The maximum absolute atomic E-state index is 13.0. The molecule has 1 aromatic carbocycles. The molecule has 2 aliphatic rings. The molecule has 0 radical (unpaired) electrons. The van der Waals surface area contributed by atoms with Crippen LogP contribution in [-0.4, -0.2) is 61.6 Å². The maximum atomic E-state index is 13.0. The third-order valence-corrected chi connectivity index (χ3v) is 5.08. The predicted molar refractivity (Wildman–Crippen MR) is 91.3 cm³/mol. The Kier molecular flexibility index (Phi) is 6.21. The Bertz CT molecular complexity index is 529. The van der Waals surface area contributed by atoms with E-state index in [-0.39, 0.29) is 11.7 Å². The van der Waals surface area contributed by atoms with Gasteiger partial charge in [-0.2, -0.15) is 0 Å². The highest BCUT2D eigenvalue weighted by Crippen LogP contribution is 2.21. The SMILES string of the molecule is O=C(CN1CCC[C@@H](CCc2ccc(F)cc2)C1)N1CCOCC1. The molecule has 0 bridgehead atoms. The minimum atomic E-state index is -0.177. The van der Waals surface area contributed by atoms with E-state index in [0.717, 1.165) is 45.4 Å². The van der Waals surface area contributed by atoms with Gasteiger partial charge in [-0.15, -0.1) is 0 Å². The number of rotatable bonds is 5. The van der Waals surface area contributed by atoms with Crippen molar-refractivity contribution in [2.24, 2.45) is 5.92 Å². The van der Waals surface area contributed by atoms with Crippen molar-refractivity contribution in [3.05, 3.63) is 35.6 Å². The largest absolute Gasteiger partial charge is 0.378 e. The highest BCUT2D eigenvalue weighted by atomic mass is 19.1. The molecule has 3 rings (SSSR count). The van der Waals surface area contributed by atoms with Gasteiger partial charge in [-0.05, 0) is 55.8 Å². The smallest absolute Gasteiger partial charge is 0.236 e. The van der Waals surface area contributed by atoms with E-state index in [1.54, 1.807) is 0 Å². The van der Waals surface area contributed by atoms with E-state index in [1.807, 2.05) is 17.0 Å². The summed E-state index contributed by atoms with van der Waals surface area (Å²) in [5.74, 6) is 0.683. The summed E-state index contributed by atoms with van der Waals surface area (Å²) >= 11 is 0. The third kappa shape index (κ3) is 5.02. The van der Waals surface area contributed by atoms with Gasteiger partial charge in [0.05, 0.1) is 19.8 Å². The van der Waals surface area contributed by atoms with Crippen LogP contribution in [0.25, 0.3) is 0 Å². The number of carbonyl (C=O) groups excluding carboxylic acids is 1. The first kappa shape index (κ1) is 17.4. The number of aryl methyl sites for hydroxylation is 1. The van der Waals surface area contributed by atoms with E-state index in [4.69, 9.17) is 4.74 Å². The highest BCUT2D eigenvalue weighted by molar-refractivity contribution is 5.78. The fourth-order valence-corrected chi connectivity index (χ4v) is 3.66. The third-order valence-electron chi connectivity index (χ3n) is 5.08. The molecule has 2 aliphatic heterocycles. The van der Waals surface area contributed by atoms with Gasteiger partial charge in [-0.3, -0.25) is 9.69 Å². The summed E-state index contributed by atoms with van der Waals surface area (Å²) in [6, 6.07) is 6.81. The van der Waals surface area contributed by atoms with Crippen molar-refractivity contribution < 1.29 is 13.9 Å². The zero-order chi connectivity index (χ0) is 16.8. The molecule has 0 aromatic heterocycles. The number of piperidine rings is 1. The number of halogens is 1. The van der Waals surface area contributed by atoms with Crippen LogP contribution in [0.5, 0.6) is 0 Å². The summed E-state index contributed by atoms with van der Waals surface area (Å²) < 4.78 is 18.3. The minimum Gasteiger partial charge on any atom is -0.378 e. The second-order valence-corrected chi connectivity index (χ2v) is 6.90. The number of benzene rings is 1. The van der Waals surface area contributed by atoms with Gasteiger partial charge in [0.25, 0.3) is 0 Å². The summed E-state index contributed by atoms with van der Waals surface area (Å²) in [4.78, 5) is 16.6. The first-order valence-electron chi connectivity index (χ1n) is 9.03. The van der Waals surface area contributed by atoms with Crippen molar-refractivity contribution in [3.8, 4) is 0 Å². The fourth-order valence-electron chi connectivity index (χ4n) is 3.66. The normalized spacial score (nSPS) is 22.5. The molecule has 5 heteroatoms. The number of nitrogens with zero attached hydrogens (tertiary/aromatic N) is 2. The second kappa shape index (κ2) is 8.58. The fraction of sp³-hybridized carbons (Fsp3) is 0.632. The lowest BCUT2D eigenvalue weighted by atomic mass is 9.91. The van der Waals surface area contributed by atoms with Gasteiger partial charge in [-0.25, -0.2) is 4.39 Å². The lowest BCUT2D eigenvalue weighted by Crippen LogP contribution is -2.47. The molecular formula is C19H27FN2O2. The summed E-state index contributed by atoms with van der Waals surface area (Å²) in [6.45, 7) is 5.31. The van der Waals surface area contributed by atoms with E-state index in [1.165, 1.54) is 24.1 Å². The standard InChI is InChI=1S/C19H27FN2O2/c20-18-7-5-16(6-8-18)3-4-17-2-1-9-21(14-17)15-19(23)22-10-12-24-13-11-22/h5-8,17H,1-4,9-15H2/t17-/m0/s1. The quantitative estimate of drug-likeness (QED) is 0.828. The first-order chi connectivity index (χ1) is 11.7. The Hall–Kier alpha value is -1.46. The number of amides is 1. The number of morpholine rings is 1. The van der Waals surface area contributed by atoms with E-state index < -0.39 is 0 Å². The van der Waals surface area contributed by atoms with Crippen LogP contribution in [0, 0.1) is 11.7 Å². The molecule has 24 heavy (non-hydrogen) atoms. The van der Waals surface area contributed by atoms with Gasteiger partial charge in [0.2, 0.25) is 5.91 Å². The Morgan fingerprint density at radius 2 is 1.92 bits per heavy atom. The van der Waals surface area contributed by atoms with Crippen LogP contribution in [0.4, 0.5) is 4.39 Å². The van der Waals surface area contributed by atoms with E-state index in [9.17, 15) is 9.18 Å². The lowest BCUT2D eigenvalue weighted by Gasteiger charge is -2.34. The molecule has 1 aromatic rings. The van der Waals surface area contributed by atoms with Gasteiger partial charge >= 0.3 is 0 Å². The summed E-state index contributed by atoms with van der Waals surface area (Å²) in [5, 5.41) is 0. The minimum absolute atomic E-state index is 0.177. The zero-order valence-corrected chi connectivity index (χ0v) is 14.3. The average Bonchev–Trinajstić information content (AvgIpc) is 2.62. The molecule has 0 aliphatic carbocycles. The van der Waals surface area contributed by atoms with Crippen molar-refractivity contribution in [2.75, 3.05) is 45.9 Å². The molecule has 2 saturated heterocycles. The number of likely N-dealkylation sites (tertiary alicyclic amines) is 1. The molecule has 2 heterocycles. The monoisotopic (exact) mass is 334 g/mol. The van der Waals surface area contributed by atoms with Gasteiger partial charge in [-0.1, -0.05) is 12.1 Å². The Balaban J connectivity index is 1.43. The van der Waals surface area contributed by atoms with E-state index >= 15 is 0 Å². The maximum Gasteiger partial charge on any atom is 0.236 e. The molecule has 0 N–H and O–H groups in total. The summed E-state index contributed by atoms with van der Waals surface area (Å²) in [6.07, 6.45) is 4.47. The van der Waals surface area contributed by atoms with Crippen LogP contribution >= 0.6 is 0 Å². The predicted octanol–water partition coefficient (Wildman–Crippen LogP) is 2.33. The second-order valence-electron chi connectivity index (χ2n) is 6.90. The van der Waals surface area contributed by atoms with Crippen LogP contribution < -0.4 is 0 Å². The van der Waals surface area contributed by atoms with Crippen molar-refractivity contribution >= 4 is 5.91 Å². The Labute approximate surface area is 143 Å². The zero-order valence-electron chi connectivity index (χ0n) is 14.3. The Morgan fingerprint density at radius 1 is 1.17 bits per heavy atom. The molecule has 0 unspecified atom stereocenters. The van der Waals surface area contributed by atoms with E-state index in [2.05, 4.69) is 4.90 Å². The molecule has 1 atom stereocenters. The molecule has 4 nitrogen and oxygen atoms in total. The number of ether oxygens (including phenoxy) is 1. The van der Waals surface area contributed by atoms with Gasteiger partial charge in [0.1, 0.15) is 5.82 Å². The van der Waals surface area contributed by atoms with Crippen LogP contribution in [0.15, 0.2) is 24.3 Å². The van der Waals surface area contributed by atoms with Crippen molar-refractivity contribution in [2.45, 2.75) is 25.7 Å². The topological polar surface area (TPSA) is 32.8 Å². The van der Waals surface area contributed by atoms with E-state index in [0.29, 0.717) is 25.7 Å². The van der Waals surface area contributed by atoms with Gasteiger partial charge in [0.15, 0.2) is 0 Å². The molecule has 132 valence electrons. The molecule has 2 fully saturated rings. The number of carbonyl (C=O) groups is 1. The highest BCUT2D eigenvalue weighted by Gasteiger charge is 2.24. The summed E-state index contributed by atoms with van der Waals surface area (Å²) in [7, 11) is 0. The van der Waals surface area contributed by atoms with Crippen LogP contribution in [0.3, 0.4) is 0 Å². The first-order valence-corrected chi connectivity index (χ1v) is 9.03. The number of hydrogen-bond acceptors (Lipinski definition) is 3. The van der Waals surface area contributed by atoms with Gasteiger partial charge < -0.3 is 9.64 Å². The van der Waals surface area contributed by atoms with Crippen LogP contribution in [0.1, 0.15) is 24.8 Å². The van der Waals surface area contributed by atoms with Crippen molar-refractivity contribution in [1.82, 2.24) is 9.80 Å². The lowest BCUT2D eigenvalue weighted by molar-refractivity contribution is -0.136. The molecule has 0 spiro atoms. The van der Waals surface area contributed by atoms with Gasteiger partial charge in [0, 0.05) is 19.6 Å². The summed E-state index contributed by atoms with van der Waals surface area (Å²) in [5.41, 5.74) is 1.19. The van der Waals surface area contributed by atoms with Crippen molar-refractivity contribution in [1.29, 1.82) is 0 Å². The Morgan fingerprint density at radius 3 is 2.67 bits per heavy atom. The number of hydrogen-bond donors (Lipinski definition) is 0. The average molecular weight is 334 g/mol. The molecule has 1 amide bonds. The molecule has 0 saturated carbocycles. The van der Waals surface area contributed by atoms with Crippen LogP contribution in [0.2, 0.25) is 0 Å². The van der Waals surface area contributed by atoms with Crippen molar-refractivity contribution in [3.63, 3.8) is 0 Å². The molecular weight excluding hydrogens is 307 g/mol. The van der Waals surface area contributed by atoms with Crippen LogP contribution in [-0.2, 0) is 16.0 Å².